The summed E-state index contributed by atoms with van der Waals surface area (Å²) in [5.74, 6) is -0.261. The second kappa shape index (κ2) is 7.22. The minimum atomic E-state index is -0.441. The van der Waals surface area contributed by atoms with Gasteiger partial charge in [-0.05, 0) is 63.8 Å². The molecule has 140 valence electrons. The van der Waals surface area contributed by atoms with Crippen LogP contribution in [0.3, 0.4) is 0 Å². The molecule has 3 rings (SSSR count). The SMILES string of the molecule is Cc1nn(C(C)CC(=O)NC2(c3cccc(F)c3)CCCC2)c(C)c1C. The molecule has 1 aliphatic carbocycles. The fourth-order valence-electron chi connectivity index (χ4n) is 4.10. The summed E-state index contributed by atoms with van der Waals surface area (Å²) in [7, 11) is 0. The van der Waals surface area contributed by atoms with Gasteiger partial charge in [-0.2, -0.15) is 5.10 Å². The maximum Gasteiger partial charge on any atom is 0.222 e. The number of aromatic nitrogens is 2. The van der Waals surface area contributed by atoms with Gasteiger partial charge in [-0.3, -0.25) is 9.48 Å². The van der Waals surface area contributed by atoms with Gasteiger partial charge in [0.15, 0.2) is 0 Å². The Morgan fingerprint density at radius 2 is 2.00 bits per heavy atom. The third-order valence-corrected chi connectivity index (χ3v) is 5.80. The van der Waals surface area contributed by atoms with Gasteiger partial charge in [0.1, 0.15) is 5.82 Å². The fourth-order valence-corrected chi connectivity index (χ4v) is 4.10. The van der Waals surface area contributed by atoms with Crippen molar-refractivity contribution in [3.63, 3.8) is 0 Å². The molecule has 1 heterocycles. The zero-order valence-corrected chi connectivity index (χ0v) is 16.1. The maximum atomic E-state index is 13.7. The first-order chi connectivity index (χ1) is 12.3. The third-order valence-electron chi connectivity index (χ3n) is 5.80. The van der Waals surface area contributed by atoms with E-state index in [0.29, 0.717) is 6.42 Å². The Balaban J connectivity index is 1.76. The Morgan fingerprint density at radius 3 is 2.58 bits per heavy atom. The van der Waals surface area contributed by atoms with E-state index in [0.717, 1.165) is 42.6 Å². The van der Waals surface area contributed by atoms with Crippen LogP contribution in [0.5, 0.6) is 0 Å². The van der Waals surface area contributed by atoms with Crippen molar-refractivity contribution in [2.24, 2.45) is 0 Å². The van der Waals surface area contributed by atoms with Crippen LogP contribution >= 0.6 is 0 Å². The summed E-state index contributed by atoms with van der Waals surface area (Å²) in [6, 6.07) is 6.62. The van der Waals surface area contributed by atoms with Gasteiger partial charge in [0.05, 0.1) is 17.3 Å². The molecule has 1 aromatic carbocycles. The smallest absolute Gasteiger partial charge is 0.222 e. The largest absolute Gasteiger partial charge is 0.347 e. The molecule has 0 aliphatic heterocycles. The van der Waals surface area contributed by atoms with Crippen molar-refractivity contribution in [1.82, 2.24) is 15.1 Å². The van der Waals surface area contributed by atoms with Crippen molar-refractivity contribution in [1.29, 1.82) is 0 Å². The first kappa shape index (κ1) is 18.6. The second-order valence-electron chi connectivity index (χ2n) is 7.64. The highest BCUT2D eigenvalue weighted by Gasteiger charge is 2.37. The van der Waals surface area contributed by atoms with Crippen molar-refractivity contribution in [2.75, 3.05) is 0 Å². The van der Waals surface area contributed by atoms with Gasteiger partial charge in [-0.25, -0.2) is 4.39 Å². The van der Waals surface area contributed by atoms with Crippen LogP contribution in [0.1, 0.15) is 67.6 Å². The first-order valence-electron chi connectivity index (χ1n) is 9.42. The van der Waals surface area contributed by atoms with Crippen LogP contribution < -0.4 is 5.32 Å². The molecule has 1 saturated carbocycles. The molecule has 1 fully saturated rings. The average molecular weight is 357 g/mol. The van der Waals surface area contributed by atoms with Crippen LogP contribution in [0.25, 0.3) is 0 Å². The van der Waals surface area contributed by atoms with Crippen LogP contribution in [-0.2, 0) is 10.3 Å². The Hall–Kier alpha value is -2.17. The van der Waals surface area contributed by atoms with Gasteiger partial charge in [-0.1, -0.05) is 25.0 Å². The summed E-state index contributed by atoms with van der Waals surface area (Å²) in [6.07, 6.45) is 4.16. The maximum absolute atomic E-state index is 13.7. The quantitative estimate of drug-likeness (QED) is 0.857. The number of nitrogens with one attached hydrogen (secondary N) is 1. The number of carbonyl (C=O) groups excluding carboxylic acids is 1. The Kier molecular flexibility index (Phi) is 5.17. The zero-order valence-electron chi connectivity index (χ0n) is 16.1. The number of benzene rings is 1. The number of nitrogens with zero attached hydrogens (tertiary/aromatic N) is 2. The molecule has 1 unspecified atom stereocenters. The fraction of sp³-hybridized carbons (Fsp3) is 0.524. The number of hydrogen-bond donors (Lipinski definition) is 1. The summed E-state index contributed by atoms with van der Waals surface area (Å²) in [5.41, 5.74) is 3.71. The molecule has 1 aliphatic rings. The summed E-state index contributed by atoms with van der Waals surface area (Å²) < 4.78 is 15.7. The minimum Gasteiger partial charge on any atom is -0.347 e. The Morgan fingerprint density at radius 1 is 1.31 bits per heavy atom. The lowest BCUT2D eigenvalue weighted by molar-refractivity contribution is -0.123. The number of carbonyl (C=O) groups is 1. The van der Waals surface area contributed by atoms with E-state index in [2.05, 4.69) is 17.3 Å². The van der Waals surface area contributed by atoms with Crippen molar-refractivity contribution in [3.8, 4) is 0 Å². The van der Waals surface area contributed by atoms with Crippen molar-refractivity contribution < 1.29 is 9.18 Å². The number of rotatable bonds is 5. The molecule has 1 amide bonds. The molecule has 1 aromatic heterocycles. The predicted molar refractivity (Wildman–Crippen MR) is 100 cm³/mol. The van der Waals surface area contributed by atoms with E-state index < -0.39 is 5.54 Å². The van der Waals surface area contributed by atoms with E-state index in [9.17, 15) is 9.18 Å². The standard InChI is InChI=1S/C21H28FN3O/c1-14(25-17(4)15(2)16(3)24-25)12-20(26)23-21(10-5-6-11-21)18-8-7-9-19(22)13-18/h7-9,13-14H,5-6,10-12H2,1-4H3,(H,23,26). The van der Waals surface area contributed by atoms with E-state index in [1.807, 2.05) is 31.5 Å². The minimum absolute atomic E-state index is 0.00568. The molecule has 2 aromatic rings. The van der Waals surface area contributed by atoms with Crippen molar-refractivity contribution in [2.45, 2.75) is 71.4 Å². The molecule has 0 spiro atoms. The van der Waals surface area contributed by atoms with Crippen LogP contribution in [0, 0.1) is 26.6 Å². The van der Waals surface area contributed by atoms with Crippen LogP contribution in [0.15, 0.2) is 24.3 Å². The molecule has 4 nitrogen and oxygen atoms in total. The molecule has 0 radical (unpaired) electrons. The molecule has 1 N–H and O–H groups in total. The van der Waals surface area contributed by atoms with Crippen LogP contribution in [0.4, 0.5) is 4.39 Å². The lowest BCUT2D eigenvalue weighted by Gasteiger charge is -2.31. The van der Waals surface area contributed by atoms with Crippen LogP contribution in [-0.4, -0.2) is 15.7 Å². The van der Waals surface area contributed by atoms with Gasteiger partial charge < -0.3 is 5.32 Å². The zero-order chi connectivity index (χ0) is 18.9. The second-order valence-corrected chi connectivity index (χ2v) is 7.64. The summed E-state index contributed by atoms with van der Waals surface area (Å²) in [6.45, 7) is 8.10. The van der Waals surface area contributed by atoms with E-state index in [-0.39, 0.29) is 17.8 Å². The number of hydrogen-bond acceptors (Lipinski definition) is 2. The monoisotopic (exact) mass is 357 g/mol. The summed E-state index contributed by atoms with van der Waals surface area (Å²) in [5, 5.41) is 7.80. The average Bonchev–Trinajstić information content (AvgIpc) is 3.16. The summed E-state index contributed by atoms with van der Waals surface area (Å²) in [4.78, 5) is 12.8. The molecule has 0 saturated heterocycles. The molecule has 1 atom stereocenters. The lowest BCUT2D eigenvalue weighted by Crippen LogP contribution is -2.44. The van der Waals surface area contributed by atoms with Gasteiger partial charge in [0, 0.05) is 12.1 Å². The Bertz CT molecular complexity index is 806. The molecule has 0 bridgehead atoms. The number of halogens is 1. The molecular formula is C21H28FN3O. The topological polar surface area (TPSA) is 46.9 Å². The first-order valence-corrected chi connectivity index (χ1v) is 9.42. The van der Waals surface area contributed by atoms with E-state index in [1.165, 1.54) is 11.6 Å². The summed E-state index contributed by atoms with van der Waals surface area (Å²) >= 11 is 0. The van der Waals surface area contributed by atoms with Gasteiger partial charge >= 0.3 is 0 Å². The lowest BCUT2D eigenvalue weighted by atomic mass is 9.87. The molecule has 5 heteroatoms. The molecular weight excluding hydrogens is 329 g/mol. The highest BCUT2D eigenvalue weighted by molar-refractivity contribution is 5.77. The highest BCUT2D eigenvalue weighted by Crippen LogP contribution is 2.39. The van der Waals surface area contributed by atoms with E-state index >= 15 is 0 Å². The molecule has 26 heavy (non-hydrogen) atoms. The Labute approximate surface area is 154 Å². The van der Waals surface area contributed by atoms with Crippen LogP contribution in [0.2, 0.25) is 0 Å². The highest BCUT2D eigenvalue weighted by atomic mass is 19.1. The van der Waals surface area contributed by atoms with Crippen molar-refractivity contribution in [3.05, 3.63) is 52.6 Å². The third kappa shape index (κ3) is 3.53. The van der Waals surface area contributed by atoms with E-state index in [4.69, 9.17) is 0 Å². The predicted octanol–water partition coefficient (Wildman–Crippen LogP) is 4.48. The number of aryl methyl sites for hydroxylation is 1. The van der Waals surface area contributed by atoms with Gasteiger partial charge in [0.2, 0.25) is 5.91 Å². The number of amides is 1. The van der Waals surface area contributed by atoms with Gasteiger partial charge in [0.25, 0.3) is 0 Å². The van der Waals surface area contributed by atoms with Gasteiger partial charge in [-0.15, -0.1) is 0 Å². The van der Waals surface area contributed by atoms with Crippen molar-refractivity contribution >= 4 is 5.91 Å². The van der Waals surface area contributed by atoms with E-state index in [1.54, 1.807) is 12.1 Å². The normalized spacial score (nSPS) is 17.3.